The lowest BCUT2D eigenvalue weighted by Crippen LogP contribution is -1.90. The molecule has 1 aromatic heterocycles. The van der Waals surface area contributed by atoms with Crippen molar-refractivity contribution >= 4 is 10.9 Å². The Morgan fingerprint density at radius 2 is 2.23 bits per heavy atom. The summed E-state index contributed by atoms with van der Waals surface area (Å²) in [5, 5.41) is 14.8. The first-order valence-electron chi connectivity index (χ1n) is 4.29. The van der Waals surface area contributed by atoms with Crippen molar-refractivity contribution in [3.8, 4) is 0 Å². The van der Waals surface area contributed by atoms with Crippen molar-refractivity contribution < 1.29 is 5.11 Å². The second kappa shape index (κ2) is 2.85. The molecule has 0 aliphatic rings. The van der Waals surface area contributed by atoms with Crippen LogP contribution in [-0.4, -0.2) is 14.9 Å². The Morgan fingerprint density at radius 1 is 1.46 bits per heavy atom. The molecule has 0 saturated carbocycles. The van der Waals surface area contributed by atoms with E-state index >= 15 is 0 Å². The number of nitrogens with zero attached hydrogens (tertiary/aromatic N) is 2. The number of benzene rings is 1. The van der Waals surface area contributed by atoms with E-state index in [4.69, 9.17) is 0 Å². The molecule has 2 rings (SSSR count). The van der Waals surface area contributed by atoms with Gasteiger partial charge in [0.05, 0.1) is 11.6 Å². The van der Waals surface area contributed by atoms with Crippen molar-refractivity contribution in [1.82, 2.24) is 9.78 Å². The lowest BCUT2D eigenvalue weighted by molar-refractivity contribution is 0.201. The van der Waals surface area contributed by atoms with Crippen LogP contribution in [0.15, 0.2) is 24.4 Å². The number of aliphatic hydroxyl groups excluding tert-OH is 1. The van der Waals surface area contributed by atoms with Crippen molar-refractivity contribution in [3.05, 3.63) is 30.0 Å². The highest BCUT2D eigenvalue weighted by Gasteiger charge is 2.07. The van der Waals surface area contributed by atoms with Gasteiger partial charge in [-0.05, 0) is 18.6 Å². The van der Waals surface area contributed by atoms with Crippen LogP contribution in [0.25, 0.3) is 10.9 Å². The molecule has 0 aliphatic heterocycles. The molecular formula is C10H12N2O. The summed E-state index contributed by atoms with van der Waals surface area (Å²) in [6.45, 7) is 1.77. The van der Waals surface area contributed by atoms with E-state index in [2.05, 4.69) is 5.10 Å². The van der Waals surface area contributed by atoms with Gasteiger partial charge in [0, 0.05) is 18.6 Å². The third kappa shape index (κ3) is 1.31. The Hall–Kier alpha value is -1.35. The number of fused-ring (bicyclic) bond motifs is 1. The fourth-order valence-corrected chi connectivity index (χ4v) is 1.55. The van der Waals surface area contributed by atoms with E-state index in [1.54, 1.807) is 11.6 Å². The van der Waals surface area contributed by atoms with Crippen LogP contribution >= 0.6 is 0 Å². The minimum absolute atomic E-state index is 0.437. The molecule has 0 saturated heterocycles. The summed E-state index contributed by atoms with van der Waals surface area (Å²) in [5.74, 6) is 0. The van der Waals surface area contributed by atoms with Crippen molar-refractivity contribution in [2.24, 2.45) is 7.05 Å². The highest BCUT2D eigenvalue weighted by molar-refractivity contribution is 5.82. The fraction of sp³-hybridized carbons (Fsp3) is 0.300. The normalized spacial score (nSPS) is 13.5. The highest BCUT2D eigenvalue weighted by atomic mass is 16.3. The highest BCUT2D eigenvalue weighted by Crippen LogP contribution is 2.22. The van der Waals surface area contributed by atoms with Gasteiger partial charge in [0.15, 0.2) is 0 Å². The summed E-state index contributed by atoms with van der Waals surface area (Å²) in [6.07, 6.45) is 1.49. The molecule has 0 aliphatic carbocycles. The van der Waals surface area contributed by atoms with Gasteiger partial charge in [-0.15, -0.1) is 0 Å². The maximum absolute atomic E-state index is 9.49. The van der Waals surface area contributed by atoms with Crippen molar-refractivity contribution in [2.75, 3.05) is 0 Å². The van der Waals surface area contributed by atoms with Gasteiger partial charge >= 0.3 is 0 Å². The van der Waals surface area contributed by atoms with Crippen molar-refractivity contribution in [3.63, 3.8) is 0 Å². The van der Waals surface area contributed by atoms with Gasteiger partial charge in [-0.2, -0.15) is 5.10 Å². The Labute approximate surface area is 76.6 Å². The Morgan fingerprint density at radius 3 is 2.92 bits per heavy atom. The molecule has 0 bridgehead atoms. The zero-order chi connectivity index (χ0) is 9.42. The van der Waals surface area contributed by atoms with Crippen LogP contribution in [0.1, 0.15) is 18.6 Å². The summed E-state index contributed by atoms with van der Waals surface area (Å²) in [6, 6.07) is 5.78. The summed E-state index contributed by atoms with van der Waals surface area (Å²) in [5.41, 5.74) is 1.87. The van der Waals surface area contributed by atoms with Gasteiger partial charge in [-0.25, -0.2) is 0 Å². The molecule has 0 amide bonds. The van der Waals surface area contributed by atoms with Crippen LogP contribution in [0, 0.1) is 0 Å². The standard InChI is InChI=1S/C10H12N2O/c1-7(13)8-4-3-5-10-9(8)6-12(2)11-10/h3-7,13H,1-2H3. The average molecular weight is 176 g/mol. The molecule has 1 unspecified atom stereocenters. The molecule has 3 heteroatoms. The van der Waals surface area contributed by atoms with Gasteiger partial charge in [0.25, 0.3) is 0 Å². The number of hydrogen-bond donors (Lipinski definition) is 1. The molecule has 68 valence electrons. The van der Waals surface area contributed by atoms with Crippen molar-refractivity contribution in [2.45, 2.75) is 13.0 Å². The van der Waals surface area contributed by atoms with Gasteiger partial charge in [0.2, 0.25) is 0 Å². The molecule has 3 nitrogen and oxygen atoms in total. The smallest absolute Gasteiger partial charge is 0.0926 e. The van der Waals surface area contributed by atoms with E-state index in [-0.39, 0.29) is 0 Å². The van der Waals surface area contributed by atoms with Gasteiger partial charge in [-0.3, -0.25) is 4.68 Å². The SMILES string of the molecule is CC(O)c1cccc2nn(C)cc12. The number of hydrogen-bond acceptors (Lipinski definition) is 2. The first-order valence-corrected chi connectivity index (χ1v) is 4.29. The first-order chi connectivity index (χ1) is 6.18. The van der Waals surface area contributed by atoms with E-state index in [1.165, 1.54) is 0 Å². The molecule has 1 aromatic carbocycles. The molecule has 0 spiro atoms. The maximum atomic E-state index is 9.49. The molecule has 0 radical (unpaired) electrons. The Bertz CT molecular complexity index is 431. The molecule has 2 aromatic rings. The largest absolute Gasteiger partial charge is 0.389 e. The number of aryl methyl sites for hydroxylation is 1. The third-order valence-corrected chi connectivity index (χ3v) is 2.15. The van der Waals surface area contributed by atoms with E-state index in [0.717, 1.165) is 16.5 Å². The summed E-state index contributed by atoms with van der Waals surface area (Å²) in [7, 11) is 1.88. The van der Waals surface area contributed by atoms with Gasteiger partial charge in [0.1, 0.15) is 0 Å². The third-order valence-electron chi connectivity index (χ3n) is 2.15. The summed E-state index contributed by atoms with van der Waals surface area (Å²) >= 11 is 0. The van der Waals surface area contributed by atoms with E-state index in [9.17, 15) is 5.11 Å². The Kier molecular flexibility index (Phi) is 1.81. The monoisotopic (exact) mass is 176 g/mol. The average Bonchev–Trinajstić information content (AvgIpc) is 2.43. The second-order valence-electron chi connectivity index (χ2n) is 3.26. The topological polar surface area (TPSA) is 38.1 Å². The fourth-order valence-electron chi connectivity index (χ4n) is 1.55. The zero-order valence-electron chi connectivity index (χ0n) is 7.73. The maximum Gasteiger partial charge on any atom is 0.0926 e. The van der Waals surface area contributed by atoms with Crippen LogP contribution in [0.4, 0.5) is 0 Å². The molecular weight excluding hydrogens is 164 g/mol. The molecule has 13 heavy (non-hydrogen) atoms. The summed E-state index contributed by atoms with van der Waals surface area (Å²) < 4.78 is 1.76. The molecule has 0 fully saturated rings. The van der Waals surface area contributed by atoms with Crippen molar-refractivity contribution in [1.29, 1.82) is 0 Å². The van der Waals surface area contributed by atoms with Gasteiger partial charge < -0.3 is 5.11 Å². The van der Waals surface area contributed by atoms with Crippen LogP contribution < -0.4 is 0 Å². The minimum atomic E-state index is -0.437. The quantitative estimate of drug-likeness (QED) is 0.717. The zero-order valence-corrected chi connectivity index (χ0v) is 7.73. The van der Waals surface area contributed by atoms with Gasteiger partial charge in [-0.1, -0.05) is 12.1 Å². The Balaban J connectivity index is 2.75. The van der Waals surface area contributed by atoms with Crippen LogP contribution in [-0.2, 0) is 7.05 Å². The first kappa shape index (κ1) is 8.26. The molecule has 1 atom stereocenters. The number of aliphatic hydroxyl groups is 1. The number of rotatable bonds is 1. The predicted octanol–water partition coefficient (Wildman–Crippen LogP) is 1.63. The van der Waals surface area contributed by atoms with Crippen LogP contribution in [0.2, 0.25) is 0 Å². The molecule has 1 heterocycles. The predicted molar refractivity (Wildman–Crippen MR) is 51.3 cm³/mol. The minimum Gasteiger partial charge on any atom is -0.389 e. The molecule has 1 N–H and O–H groups in total. The second-order valence-corrected chi connectivity index (χ2v) is 3.26. The van der Waals surface area contributed by atoms with E-state index in [1.807, 2.05) is 31.4 Å². The summed E-state index contributed by atoms with van der Waals surface area (Å²) in [4.78, 5) is 0. The van der Waals surface area contributed by atoms with Crippen LogP contribution in [0.5, 0.6) is 0 Å². The van der Waals surface area contributed by atoms with E-state index in [0.29, 0.717) is 0 Å². The lowest BCUT2D eigenvalue weighted by Gasteiger charge is -2.04. The van der Waals surface area contributed by atoms with Crippen LogP contribution in [0.3, 0.4) is 0 Å². The number of aromatic nitrogens is 2. The lowest BCUT2D eigenvalue weighted by atomic mass is 10.1. The van der Waals surface area contributed by atoms with E-state index < -0.39 is 6.10 Å².